The number of phenolic OH excluding ortho intramolecular Hbond substituents is 1. The molecular weight excluding hydrogens is 925 g/mol. The van der Waals surface area contributed by atoms with Crippen LogP contribution in [0.2, 0.25) is 0 Å². The van der Waals surface area contributed by atoms with E-state index in [-0.39, 0.29) is 81.6 Å². The Bertz CT molecular complexity index is 2070. The first kappa shape index (κ1) is 57.2. The van der Waals surface area contributed by atoms with Gasteiger partial charge < -0.3 is 38.2 Å². The maximum absolute atomic E-state index is 15.3. The number of nitrogens with two attached hydrogens (primary N) is 4. The highest BCUT2D eigenvalue weighted by Gasteiger charge is 2.69. The topological polar surface area (TPSA) is 343 Å². The molecule has 0 radical (unpaired) electrons. The van der Waals surface area contributed by atoms with Crippen LogP contribution in [0.5, 0.6) is 5.75 Å². The Morgan fingerprint density at radius 1 is 0.857 bits per heavy atom. The number of benzene rings is 1. The highest BCUT2D eigenvalue weighted by atomic mass is 32.2. The van der Waals surface area contributed by atoms with Gasteiger partial charge in [0.2, 0.25) is 11.8 Å². The van der Waals surface area contributed by atoms with Crippen molar-refractivity contribution >= 4 is 71.6 Å². The number of fused-ring (bicyclic) bond motifs is 2. The molecule has 3 fully saturated rings. The van der Waals surface area contributed by atoms with Crippen molar-refractivity contribution < 1.29 is 48.1 Å². The summed E-state index contributed by atoms with van der Waals surface area (Å²) in [5, 5.41) is 16.0. The second-order valence-electron chi connectivity index (χ2n) is 18.8. The van der Waals surface area contributed by atoms with Gasteiger partial charge in [0.25, 0.3) is 5.91 Å². The van der Waals surface area contributed by atoms with E-state index in [2.05, 4.69) is 31.6 Å². The average molecular weight is 1000 g/mol. The number of phenols is 1. The molecule has 9 atom stereocenters. The van der Waals surface area contributed by atoms with Crippen LogP contribution in [0.1, 0.15) is 85.1 Å². The Balaban J connectivity index is 1.95. The normalized spacial score (nSPS) is 26.6. The molecule has 70 heavy (non-hydrogen) atoms. The number of carbonyl (C=O) groups is 8. The Kier molecular flexibility index (Phi) is 21.8. The van der Waals surface area contributed by atoms with Gasteiger partial charge in [-0.05, 0) is 80.6 Å². The van der Waals surface area contributed by atoms with E-state index in [0.717, 1.165) is 9.91 Å². The minimum Gasteiger partial charge on any atom is -0.508 e. The van der Waals surface area contributed by atoms with E-state index in [0.29, 0.717) is 43.3 Å². The van der Waals surface area contributed by atoms with Crippen LogP contribution in [0, 0.1) is 17.8 Å². The number of aliphatic imine (C=N–C) groups is 2. The number of thioether (sulfide) groups is 1. The van der Waals surface area contributed by atoms with Gasteiger partial charge in [-0.25, -0.2) is 30.9 Å². The molecule has 1 aromatic carbocycles. The molecule has 5 amide bonds. The maximum Gasteiger partial charge on any atom is 0.371 e. The van der Waals surface area contributed by atoms with Crippen LogP contribution in [0.25, 0.3) is 0 Å². The Hall–Kier alpha value is -5.37. The molecule has 24 heteroatoms. The quantitative estimate of drug-likeness (QED) is 0.0192. The average Bonchev–Trinajstić information content (AvgIpc) is 3.78. The largest absolute Gasteiger partial charge is 0.508 e. The van der Waals surface area contributed by atoms with Crippen LogP contribution in [0.15, 0.2) is 34.3 Å². The molecule has 2 unspecified atom stereocenters. The van der Waals surface area contributed by atoms with Crippen molar-refractivity contribution in [2.45, 2.75) is 128 Å². The Morgan fingerprint density at radius 2 is 1.49 bits per heavy atom. The zero-order valence-corrected chi connectivity index (χ0v) is 42.1. The van der Waals surface area contributed by atoms with Gasteiger partial charge in [0.1, 0.15) is 36.2 Å². The van der Waals surface area contributed by atoms with Crippen molar-refractivity contribution in [3.63, 3.8) is 0 Å². The van der Waals surface area contributed by atoms with Crippen LogP contribution in [0.4, 0.5) is 0 Å². The van der Waals surface area contributed by atoms with Crippen molar-refractivity contribution in [3.8, 4) is 5.75 Å². The highest BCUT2D eigenvalue weighted by molar-refractivity contribution is 7.98. The molecule has 0 aromatic heterocycles. The van der Waals surface area contributed by atoms with Crippen molar-refractivity contribution in [2.75, 3.05) is 44.7 Å². The van der Waals surface area contributed by atoms with Gasteiger partial charge in [-0.3, -0.25) is 38.9 Å². The number of amides is 5. The minimum absolute atomic E-state index is 0.0129. The van der Waals surface area contributed by atoms with Gasteiger partial charge in [-0.1, -0.05) is 51.3 Å². The third kappa shape index (κ3) is 13.9. The lowest BCUT2D eigenvalue weighted by Crippen LogP contribution is -2.86. The van der Waals surface area contributed by atoms with E-state index < -0.39 is 101 Å². The fourth-order valence-electron chi connectivity index (χ4n) is 9.20. The highest BCUT2D eigenvalue weighted by Crippen LogP contribution is 2.35. The molecule has 3 saturated heterocycles. The first-order chi connectivity index (χ1) is 33.2. The molecule has 0 bridgehead atoms. The molecule has 23 nitrogen and oxygen atoms in total. The summed E-state index contributed by atoms with van der Waals surface area (Å²) in [6.45, 7) is 8.49. The van der Waals surface area contributed by atoms with E-state index in [1.165, 1.54) is 23.9 Å². The van der Waals surface area contributed by atoms with Crippen LogP contribution in [0.3, 0.4) is 0 Å². The SMILES string of the molecule is CSCC[C@@H]1NCC(C)C(=O)[C@@H]2CCCN2N[C@@H](CCCN=C(N)N)C(=O)N([C@H](C=O)Cc2ccc(O)cc2)C(=O)[C@H](C(C)C)NN[C@@H](CCCN=C(N)N)C(=O)N2CC(=O)[N+]2([C@H](C=O)C(C)C)C1=O. The number of nitrogens with zero attached hydrogens (tertiary/aromatic N) is 6. The van der Waals surface area contributed by atoms with Gasteiger partial charge in [0, 0.05) is 44.4 Å². The molecule has 3 aliphatic rings. The number of Topliss-reactive ketones (excluding diaryl/α,β-unsaturated/α-hetero) is 1. The fraction of sp³-hybridized carbons (Fsp3) is 0.652. The molecule has 4 rings (SSSR count). The summed E-state index contributed by atoms with van der Waals surface area (Å²) >= 11 is 1.46. The van der Waals surface area contributed by atoms with E-state index >= 15 is 19.2 Å². The van der Waals surface area contributed by atoms with Crippen LogP contribution >= 0.6 is 11.8 Å². The summed E-state index contributed by atoms with van der Waals surface area (Å²) in [7, 11) is 0. The molecule has 3 heterocycles. The number of imide groups is 2. The Labute approximate surface area is 414 Å². The predicted molar refractivity (Wildman–Crippen MR) is 264 cm³/mol. The van der Waals surface area contributed by atoms with Crippen molar-refractivity contribution in [1.82, 2.24) is 36.5 Å². The zero-order chi connectivity index (χ0) is 51.9. The van der Waals surface area contributed by atoms with Gasteiger partial charge in [-0.2, -0.15) is 16.8 Å². The molecule has 3 aliphatic heterocycles. The first-order valence-corrected chi connectivity index (χ1v) is 25.4. The predicted octanol–water partition coefficient (Wildman–Crippen LogP) is -1.43. The van der Waals surface area contributed by atoms with Crippen molar-refractivity contribution in [1.29, 1.82) is 0 Å². The Morgan fingerprint density at radius 3 is 2.03 bits per heavy atom. The smallest absolute Gasteiger partial charge is 0.371 e. The number of hydrazine groups is 2. The maximum atomic E-state index is 15.3. The van der Waals surface area contributed by atoms with Gasteiger partial charge in [0.15, 0.2) is 36.6 Å². The molecule has 1 aromatic rings. The second kappa shape index (κ2) is 26.7. The van der Waals surface area contributed by atoms with Crippen molar-refractivity contribution in [3.05, 3.63) is 29.8 Å². The molecular formula is C46H75N14O9S+. The minimum atomic E-state index is -1.39. The van der Waals surface area contributed by atoms with Gasteiger partial charge in [-0.15, -0.1) is 0 Å². The molecule has 13 N–H and O–H groups in total. The van der Waals surface area contributed by atoms with E-state index in [9.17, 15) is 24.3 Å². The van der Waals surface area contributed by atoms with Crippen LogP contribution < -0.4 is 44.5 Å². The monoisotopic (exact) mass is 1000 g/mol. The molecule has 0 saturated carbocycles. The number of aromatic hydroxyl groups is 1. The third-order valence-electron chi connectivity index (χ3n) is 13.0. The van der Waals surface area contributed by atoms with Gasteiger partial charge in [0.05, 0.1) is 12.1 Å². The summed E-state index contributed by atoms with van der Waals surface area (Å²) in [5.74, 6) is -5.86. The number of rotatable bonds is 19. The van der Waals surface area contributed by atoms with E-state index in [1.54, 1.807) is 51.8 Å². The summed E-state index contributed by atoms with van der Waals surface area (Å²) in [5.41, 5.74) is 32.2. The zero-order valence-electron chi connectivity index (χ0n) is 41.3. The van der Waals surface area contributed by atoms with Gasteiger partial charge >= 0.3 is 11.8 Å². The van der Waals surface area contributed by atoms with E-state index in [4.69, 9.17) is 22.9 Å². The summed E-state index contributed by atoms with van der Waals surface area (Å²) in [4.78, 5) is 125. The number of guanidine groups is 2. The summed E-state index contributed by atoms with van der Waals surface area (Å²) < 4.78 is -1.22. The lowest BCUT2D eigenvalue weighted by molar-refractivity contribution is -0.934. The first-order valence-electron chi connectivity index (χ1n) is 24.0. The molecule has 388 valence electrons. The van der Waals surface area contributed by atoms with E-state index in [1.807, 2.05) is 6.26 Å². The van der Waals surface area contributed by atoms with Crippen molar-refractivity contribution in [2.24, 2.45) is 50.7 Å². The summed E-state index contributed by atoms with van der Waals surface area (Å²) in [6.07, 6.45) is 4.42. The number of ketones is 1. The second-order valence-corrected chi connectivity index (χ2v) is 19.8. The molecule has 0 aliphatic carbocycles. The lowest BCUT2D eigenvalue weighted by Gasteiger charge is -2.52. The number of hydrogen-bond donors (Lipinski definition) is 9. The third-order valence-corrected chi connectivity index (χ3v) is 13.7. The number of carbonyl (C=O) groups excluding carboxylic acids is 8. The standard InChI is InChI=1S/C46H74N14O9S/c1-27(2)37(26-62)60-38(64)24-58(60)41(66)33(10-7-18-51-45(47)48)54-55-39(28(3)4)43(68)59(31(25-61)22-30-13-15-32(63)16-14-30)42(67)34(11-8-19-52-46(49)50)56-57-20-9-12-36(57)40(65)29(5)23-53-35(44(60)69)17-21-70-6/h13-16,25-29,31,33-37,39,53-56H,7-12,17-24H2,1-6H3,(H8-,47,48,49,50,51,52,63)/p+1/t29?,31-,33-,34-,35-,36-,37+,39-,60?/m0/s1. The summed E-state index contributed by atoms with van der Waals surface area (Å²) in [6, 6.07) is -2.35. The lowest BCUT2D eigenvalue weighted by atomic mass is 9.95. The van der Waals surface area contributed by atoms with Crippen LogP contribution in [-0.4, -0.2) is 171 Å². The fourth-order valence-corrected chi connectivity index (χ4v) is 9.67. The number of nitrogens with one attached hydrogen (secondary N) is 4. The number of hydrogen-bond acceptors (Lipinski definition) is 17. The number of aldehydes is 2. The van der Waals surface area contributed by atoms with Crippen LogP contribution in [-0.2, 0) is 44.8 Å². The molecule has 0 spiro atoms. The number of quaternary nitrogens is 1.